The standard InChI is InChI=1S/C13H13ClF3NO/c1-2-7-18-12(19)6-3-9-8-10(13(15,16)17)4-5-11(9)14/h3-6,8H,2,7H2,1H3,(H,18,19). The van der Waals surface area contributed by atoms with Gasteiger partial charge in [0.1, 0.15) is 0 Å². The van der Waals surface area contributed by atoms with Crippen LogP contribution in [0.1, 0.15) is 24.5 Å². The first kappa shape index (κ1) is 15.6. The average molecular weight is 292 g/mol. The van der Waals surface area contributed by atoms with Crippen LogP contribution in [-0.4, -0.2) is 12.5 Å². The summed E-state index contributed by atoms with van der Waals surface area (Å²) >= 11 is 5.78. The molecule has 19 heavy (non-hydrogen) atoms. The van der Waals surface area contributed by atoms with Gasteiger partial charge in [-0.15, -0.1) is 0 Å². The number of carbonyl (C=O) groups is 1. The highest BCUT2D eigenvalue weighted by atomic mass is 35.5. The number of hydrogen-bond donors (Lipinski definition) is 1. The smallest absolute Gasteiger partial charge is 0.353 e. The Bertz CT molecular complexity index is 483. The highest BCUT2D eigenvalue weighted by Crippen LogP contribution is 2.32. The van der Waals surface area contributed by atoms with Gasteiger partial charge >= 0.3 is 6.18 Å². The molecule has 0 aliphatic heterocycles. The molecule has 2 nitrogen and oxygen atoms in total. The van der Waals surface area contributed by atoms with Gasteiger partial charge in [-0.3, -0.25) is 4.79 Å². The Morgan fingerprint density at radius 3 is 2.68 bits per heavy atom. The third kappa shape index (κ3) is 4.95. The van der Waals surface area contributed by atoms with E-state index in [4.69, 9.17) is 11.6 Å². The Balaban J connectivity index is 2.88. The second kappa shape index (κ2) is 6.61. The number of rotatable bonds is 4. The van der Waals surface area contributed by atoms with Gasteiger partial charge in [-0.05, 0) is 36.3 Å². The molecule has 0 atom stereocenters. The lowest BCUT2D eigenvalue weighted by Crippen LogP contribution is -2.21. The summed E-state index contributed by atoms with van der Waals surface area (Å²) in [6.45, 7) is 2.41. The topological polar surface area (TPSA) is 29.1 Å². The fourth-order valence-electron chi connectivity index (χ4n) is 1.32. The SMILES string of the molecule is CCCNC(=O)C=Cc1cc(C(F)(F)F)ccc1Cl. The normalized spacial score (nSPS) is 11.8. The van der Waals surface area contributed by atoms with Crippen LogP contribution in [0.15, 0.2) is 24.3 Å². The van der Waals surface area contributed by atoms with E-state index in [1.807, 2.05) is 6.92 Å². The summed E-state index contributed by atoms with van der Waals surface area (Å²) in [6, 6.07) is 2.97. The maximum atomic E-state index is 12.5. The molecule has 0 saturated carbocycles. The molecular formula is C13H13ClF3NO. The van der Waals surface area contributed by atoms with Crippen LogP contribution in [0, 0.1) is 0 Å². The second-order valence-corrected chi connectivity index (χ2v) is 4.27. The zero-order valence-corrected chi connectivity index (χ0v) is 11.0. The third-order valence-electron chi connectivity index (χ3n) is 2.29. The van der Waals surface area contributed by atoms with E-state index in [1.54, 1.807) is 0 Å². The minimum atomic E-state index is -4.43. The minimum Gasteiger partial charge on any atom is -0.353 e. The highest BCUT2D eigenvalue weighted by molar-refractivity contribution is 6.32. The van der Waals surface area contributed by atoms with Gasteiger partial charge in [0.25, 0.3) is 0 Å². The van der Waals surface area contributed by atoms with E-state index in [1.165, 1.54) is 6.08 Å². The van der Waals surface area contributed by atoms with Crippen LogP contribution >= 0.6 is 11.6 Å². The van der Waals surface area contributed by atoms with Gasteiger partial charge in [-0.2, -0.15) is 13.2 Å². The molecule has 6 heteroatoms. The molecule has 0 aromatic heterocycles. The Hall–Kier alpha value is -1.49. The lowest BCUT2D eigenvalue weighted by Gasteiger charge is -2.08. The molecule has 1 amide bonds. The third-order valence-corrected chi connectivity index (χ3v) is 2.63. The van der Waals surface area contributed by atoms with Gasteiger partial charge in [0.2, 0.25) is 5.91 Å². The Morgan fingerprint density at radius 2 is 2.11 bits per heavy atom. The summed E-state index contributed by atoms with van der Waals surface area (Å²) in [5.74, 6) is -0.365. The van der Waals surface area contributed by atoms with E-state index in [9.17, 15) is 18.0 Å². The maximum absolute atomic E-state index is 12.5. The first-order valence-corrected chi connectivity index (χ1v) is 6.05. The summed E-state index contributed by atoms with van der Waals surface area (Å²) < 4.78 is 37.6. The van der Waals surface area contributed by atoms with Crippen LogP contribution in [-0.2, 0) is 11.0 Å². The van der Waals surface area contributed by atoms with Crippen LogP contribution in [0.25, 0.3) is 6.08 Å². The number of benzene rings is 1. The summed E-state index contributed by atoms with van der Waals surface area (Å²) in [5, 5.41) is 2.74. The Labute approximate surface area is 114 Å². The van der Waals surface area contributed by atoms with Crippen molar-refractivity contribution in [3.05, 3.63) is 40.4 Å². The van der Waals surface area contributed by atoms with E-state index in [0.717, 1.165) is 30.7 Å². The molecule has 1 rings (SSSR count). The number of hydrogen-bond acceptors (Lipinski definition) is 1. The quantitative estimate of drug-likeness (QED) is 0.838. The second-order valence-electron chi connectivity index (χ2n) is 3.86. The van der Waals surface area contributed by atoms with Crippen molar-refractivity contribution in [2.24, 2.45) is 0 Å². The van der Waals surface area contributed by atoms with Crippen molar-refractivity contribution in [1.29, 1.82) is 0 Å². The molecule has 0 saturated heterocycles. The van der Waals surface area contributed by atoms with E-state index >= 15 is 0 Å². The zero-order valence-electron chi connectivity index (χ0n) is 10.2. The Morgan fingerprint density at radius 1 is 1.42 bits per heavy atom. The molecule has 0 bridgehead atoms. The van der Waals surface area contributed by atoms with Gasteiger partial charge in [0.15, 0.2) is 0 Å². The van der Waals surface area contributed by atoms with Crippen molar-refractivity contribution >= 4 is 23.6 Å². The minimum absolute atomic E-state index is 0.156. The summed E-state index contributed by atoms with van der Waals surface area (Å²) in [5.41, 5.74) is -0.645. The van der Waals surface area contributed by atoms with Crippen LogP contribution in [0.2, 0.25) is 5.02 Å². The van der Waals surface area contributed by atoms with Gasteiger partial charge in [-0.25, -0.2) is 0 Å². The Kier molecular flexibility index (Phi) is 5.42. The van der Waals surface area contributed by atoms with Crippen molar-refractivity contribution < 1.29 is 18.0 Å². The predicted octanol–water partition coefficient (Wildman–Crippen LogP) is 3.90. The van der Waals surface area contributed by atoms with E-state index in [2.05, 4.69) is 5.32 Å². The molecular weight excluding hydrogens is 279 g/mol. The molecule has 1 aromatic carbocycles. The van der Waals surface area contributed by atoms with Crippen LogP contribution in [0.5, 0.6) is 0 Å². The zero-order chi connectivity index (χ0) is 14.5. The van der Waals surface area contributed by atoms with Crippen LogP contribution in [0.4, 0.5) is 13.2 Å². The van der Waals surface area contributed by atoms with Gasteiger partial charge in [-0.1, -0.05) is 18.5 Å². The molecule has 0 unspecified atom stereocenters. The highest BCUT2D eigenvalue weighted by Gasteiger charge is 2.30. The van der Waals surface area contributed by atoms with Crippen LogP contribution in [0.3, 0.4) is 0 Å². The lowest BCUT2D eigenvalue weighted by atomic mass is 10.1. The molecule has 0 aliphatic carbocycles. The number of halogens is 4. The van der Waals surface area contributed by atoms with Gasteiger partial charge in [0, 0.05) is 17.6 Å². The molecule has 1 aromatic rings. The largest absolute Gasteiger partial charge is 0.416 e. The molecule has 0 aliphatic rings. The number of amides is 1. The van der Waals surface area contributed by atoms with Crippen LogP contribution < -0.4 is 5.32 Å². The number of nitrogens with one attached hydrogen (secondary N) is 1. The van der Waals surface area contributed by atoms with Gasteiger partial charge in [0.05, 0.1) is 5.56 Å². The lowest BCUT2D eigenvalue weighted by molar-refractivity contribution is -0.137. The van der Waals surface area contributed by atoms with Crippen molar-refractivity contribution in [3.63, 3.8) is 0 Å². The molecule has 1 N–H and O–H groups in total. The van der Waals surface area contributed by atoms with E-state index < -0.39 is 11.7 Å². The summed E-state index contributed by atoms with van der Waals surface area (Å²) in [7, 11) is 0. The molecule has 0 spiro atoms. The van der Waals surface area contributed by atoms with E-state index in [-0.39, 0.29) is 16.5 Å². The average Bonchev–Trinajstić information content (AvgIpc) is 2.33. The summed E-state index contributed by atoms with van der Waals surface area (Å²) in [6.07, 6.45) is -1.22. The number of alkyl halides is 3. The van der Waals surface area contributed by atoms with Crippen molar-refractivity contribution in [2.45, 2.75) is 19.5 Å². The first-order valence-electron chi connectivity index (χ1n) is 5.67. The van der Waals surface area contributed by atoms with Gasteiger partial charge < -0.3 is 5.32 Å². The van der Waals surface area contributed by atoms with Crippen molar-refractivity contribution in [3.8, 4) is 0 Å². The molecule has 0 heterocycles. The monoisotopic (exact) mass is 291 g/mol. The molecule has 0 fully saturated rings. The maximum Gasteiger partial charge on any atom is 0.416 e. The summed E-state index contributed by atoms with van der Waals surface area (Å²) in [4.78, 5) is 11.3. The van der Waals surface area contributed by atoms with Crippen molar-refractivity contribution in [2.75, 3.05) is 6.54 Å². The molecule has 104 valence electrons. The first-order chi connectivity index (χ1) is 8.84. The van der Waals surface area contributed by atoms with E-state index in [0.29, 0.717) is 6.54 Å². The fraction of sp³-hybridized carbons (Fsp3) is 0.308. The molecule has 0 radical (unpaired) electrons. The van der Waals surface area contributed by atoms with Crippen molar-refractivity contribution in [1.82, 2.24) is 5.32 Å². The number of carbonyl (C=O) groups excluding carboxylic acids is 1. The predicted molar refractivity (Wildman–Crippen MR) is 68.8 cm³/mol. The fourth-order valence-corrected chi connectivity index (χ4v) is 1.50.